The molecule has 0 unspecified atom stereocenters. The molecule has 2 saturated heterocycles. The van der Waals surface area contributed by atoms with Crippen LogP contribution < -0.4 is 10.6 Å². The molecule has 6 atom stereocenters. The Labute approximate surface area is 207 Å². The molecule has 2 heterocycles. The highest BCUT2D eigenvalue weighted by molar-refractivity contribution is 6.03. The maximum Gasteiger partial charge on any atom is 0.322 e. The van der Waals surface area contributed by atoms with E-state index in [9.17, 15) is 29.4 Å². The largest absolute Gasteiger partial charge is 0.506 e. The summed E-state index contributed by atoms with van der Waals surface area (Å²) in [4.78, 5) is 48.9. The molecule has 1 aromatic carbocycles. The molecular weight excluding hydrogens is 468 g/mol. The number of carbonyl (C=O) groups is 4. The number of rotatable bonds is 7. The average molecular weight is 499 g/mol. The van der Waals surface area contributed by atoms with Crippen LogP contribution in [0, 0.1) is 22.7 Å². The van der Waals surface area contributed by atoms with E-state index in [4.69, 9.17) is 9.84 Å². The van der Waals surface area contributed by atoms with Crippen LogP contribution in [0.25, 0.3) is 0 Å². The number of allylic oxidation sites excluding steroid dienone is 2. The lowest BCUT2D eigenvalue weighted by atomic mass is 9.51. The zero-order valence-electron chi connectivity index (χ0n) is 20.2. The first-order valence-corrected chi connectivity index (χ1v) is 12.1. The number of carboxylic acids is 1. The van der Waals surface area contributed by atoms with Crippen LogP contribution in [-0.4, -0.2) is 57.1 Å². The number of hydrogen-bond donors (Lipinski definition) is 5. The number of carboxylic acid groups (broad SMARTS) is 1. The minimum Gasteiger partial charge on any atom is -0.506 e. The van der Waals surface area contributed by atoms with Crippen molar-refractivity contribution in [3.8, 4) is 11.5 Å². The number of ether oxygens (including phenoxy) is 1. The first-order chi connectivity index (χ1) is 16.9. The van der Waals surface area contributed by atoms with Gasteiger partial charge in [0.05, 0.1) is 17.3 Å². The number of benzene rings is 1. The van der Waals surface area contributed by atoms with Gasteiger partial charge >= 0.3 is 5.97 Å². The van der Waals surface area contributed by atoms with Gasteiger partial charge in [-0.2, -0.15) is 0 Å². The monoisotopic (exact) mass is 498 g/mol. The van der Waals surface area contributed by atoms with Crippen LogP contribution in [0.15, 0.2) is 24.3 Å². The molecule has 2 amide bonds. The van der Waals surface area contributed by atoms with Crippen molar-refractivity contribution < 1.29 is 39.2 Å². The molecule has 5 N–H and O–H groups in total. The first-order valence-electron chi connectivity index (χ1n) is 12.1. The molecule has 2 saturated carbocycles. The van der Waals surface area contributed by atoms with Gasteiger partial charge in [0.1, 0.15) is 18.0 Å². The highest BCUT2D eigenvalue weighted by Crippen LogP contribution is 2.71. The van der Waals surface area contributed by atoms with Crippen molar-refractivity contribution in [2.24, 2.45) is 22.7 Å². The van der Waals surface area contributed by atoms with Crippen molar-refractivity contribution in [3.05, 3.63) is 29.8 Å². The maximum atomic E-state index is 13.2. The Morgan fingerprint density at radius 2 is 1.94 bits per heavy atom. The summed E-state index contributed by atoms with van der Waals surface area (Å²) in [6, 6.07) is 2.24. The smallest absolute Gasteiger partial charge is 0.322 e. The Morgan fingerprint density at radius 1 is 1.19 bits per heavy atom. The maximum absolute atomic E-state index is 13.2. The molecule has 1 aromatic rings. The van der Waals surface area contributed by atoms with Gasteiger partial charge in [0.2, 0.25) is 5.91 Å². The Morgan fingerprint density at radius 3 is 2.64 bits per heavy atom. The number of aliphatic carboxylic acids is 1. The molecule has 10 nitrogen and oxygen atoms in total. The number of aromatic hydroxyl groups is 2. The van der Waals surface area contributed by atoms with Gasteiger partial charge in [0.25, 0.3) is 5.91 Å². The van der Waals surface area contributed by atoms with Crippen LogP contribution in [-0.2, 0) is 19.1 Å². The number of ketones is 1. The second kappa shape index (κ2) is 8.06. The molecule has 2 aliphatic heterocycles. The first kappa shape index (κ1) is 24.3. The number of phenolic OH excluding ortho intramolecular Hbond substituents is 2. The van der Waals surface area contributed by atoms with Gasteiger partial charge < -0.3 is 30.7 Å². The number of carbonyl (C=O) groups excluding carboxylic acids is 3. The van der Waals surface area contributed by atoms with Crippen LogP contribution in [0.1, 0.15) is 56.3 Å². The number of anilines is 1. The summed E-state index contributed by atoms with van der Waals surface area (Å²) in [6.07, 6.45) is 6.70. The predicted molar refractivity (Wildman–Crippen MR) is 126 cm³/mol. The van der Waals surface area contributed by atoms with Crippen molar-refractivity contribution in [3.63, 3.8) is 0 Å². The zero-order chi connectivity index (χ0) is 26.0. The average Bonchev–Trinajstić information content (AvgIpc) is 3.17. The third kappa shape index (κ3) is 3.57. The molecule has 5 aliphatic rings. The van der Waals surface area contributed by atoms with E-state index >= 15 is 0 Å². The van der Waals surface area contributed by atoms with Crippen molar-refractivity contribution >= 4 is 29.3 Å². The van der Waals surface area contributed by atoms with Gasteiger partial charge in [0, 0.05) is 17.8 Å². The van der Waals surface area contributed by atoms with Crippen molar-refractivity contribution in [1.29, 1.82) is 0 Å². The zero-order valence-corrected chi connectivity index (χ0v) is 20.2. The summed E-state index contributed by atoms with van der Waals surface area (Å²) in [7, 11) is 0. The van der Waals surface area contributed by atoms with E-state index < -0.39 is 41.2 Å². The van der Waals surface area contributed by atoms with Gasteiger partial charge in [-0.3, -0.25) is 19.2 Å². The highest BCUT2D eigenvalue weighted by atomic mass is 16.5. The molecule has 10 heteroatoms. The third-order valence-corrected chi connectivity index (χ3v) is 8.85. The summed E-state index contributed by atoms with van der Waals surface area (Å²) in [5.74, 6) is -3.39. The molecular formula is C26H30N2O8. The summed E-state index contributed by atoms with van der Waals surface area (Å²) in [5.41, 5.74) is -1.70. The minimum atomic E-state index is -1.26. The van der Waals surface area contributed by atoms with E-state index in [1.165, 1.54) is 0 Å². The summed E-state index contributed by atoms with van der Waals surface area (Å²) in [5, 5.41) is 34.0. The molecule has 0 radical (unpaired) electrons. The summed E-state index contributed by atoms with van der Waals surface area (Å²) >= 11 is 0. The lowest BCUT2D eigenvalue weighted by molar-refractivity contribution is -0.169. The summed E-state index contributed by atoms with van der Waals surface area (Å²) < 4.78 is 6.42. The molecule has 4 fully saturated rings. The normalized spacial score (nSPS) is 35.5. The Balaban J connectivity index is 1.31. The fourth-order valence-corrected chi connectivity index (χ4v) is 7.35. The molecule has 36 heavy (non-hydrogen) atoms. The predicted octanol–water partition coefficient (Wildman–Crippen LogP) is 2.35. The standard InChI is InChI=1S/C26H30N2O8/c1-24(17(30)5-8-26-10-13-9-16(22(24)26)36-25(13,2)12-26)7-6-18(31)28-20-15(29)4-3-14(21(20)34)23(35)27-11-19(32)33/h3-5,8,13,16,22,29,34H,6-7,9-12H2,1-2H3,(H,27,35)(H,28,31)(H,32,33)/t13-,16+,22+,24-,25+,26+/m1/s1. The SMILES string of the molecule is C[C@]12C[C@@]34C=CC(=O)[C@@](C)(CCC(=O)Nc5c(O)ccc(C(=O)NCC(=O)O)c5O)[C@@H]3[C@H](C[C@@H]1C4)O2. The van der Waals surface area contributed by atoms with E-state index in [-0.39, 0.29) is 52.9 Å². The van der Waals surface area contributed by atoms with Gasteiger partial charge in [-0.25, -0.2) is 0 Å². The third-order valence-electron chi connectivity index (χ3n) is 8.85. The molecule has 192 valence electrons. The highest BCUT2D eigenvalue weighted by Gasteiger charge is 2.71. The van der Waals surface area contributed by atoms with E-state index in [0.29, 0.717) is 5.92 Å². The Bertz CT molecular complexity index is 1210. The molecule has 0 aromatic heterocycles. The quantitative estimate of drug-likeness (QED) is 0.358. The number of amides is 2. The van der Waals surface area contributed by atoms with Crippen LogP contribution >= 0.6 is 0 Å². The van der Waals surface area contributed by atoms with Crippen molar-refractivity contribution in [2.75, 3.05) is 11.9 Å². The second-order valence-electron chi connectivity index (χ2n) is 11.1. The lowest BCUT2D eigenvalue weighted by Gasteiger charge is -2.55. The fraction of sp³-hybridized carbons (Fsp3) is 0.538. The van der Waals surface area contributed by atoms with Crippen molar-refractivity contribution in [1.82, 2.24) is 5.32 Å². The van der Waals surface area contributed by atoms with Gasteiger partial charge in [0.15, 0.2) is 11.5 Å². The van der Waals surface area contributed by atoms with Crippen molar-refractivity contribution in [2.45, 2.75) is 57.7 Å². The molecule has 3 aliphatic carbocycles. The van der Waals surface area contributed by atoms with E-state index in [2.05, 4.69) is 23.6 Å². The van der Waals surface area contributed by atoms with Crippen LogP contribution in [0.3, 0.4) is 0 Å². The molecule has 4 bridgehead atoms. The van der Waals surface area contributed by atoms with E-state index in [0.717, 1.165) is 31.4 Å². The second-order valence-corrected chi connectivity index (χ2v) is 11.1. The van der Waals surface area contributed by atoms with Crippen LogP contribution in [0.2, 0.25) is 0 Å². The Kier molecular flexibility index (Phi) is 5.44. The van der Waals surface area contributed by atoms with Crippen LogP contribution in [0.5, 0.6) is 11.5 Å². The summed E-state index contributed by atoms with van der Waals surface area (Å²) in [6.45, 7) is 3.40. The fourth-order valence-electron chi connectivity index (χ4n) is 7.35. The van der Waals surface area contributed by atoms with Gasteiger partial charge in [-0.1, -0.05) is 13.0 Å². The lowest BCUT2D eigenvalue weighted by Crippen LogP contribution is -2.56. The Hall–Kier alpha value is -3.40. The number of nitrogens with one attached hydrogen (secondary N) is 2. The van der Waals surface area contributed by atoms with E-state index in [1.54, 1.807) is 6.08 Å². The minimum absolute atomic E-state index is 0.0230. The van der Waals surface area contributed by atoms with Crippen LogP contribution in [0.4, 0.5) is 5.69 Å². The molecule has 6 rings (SSSR count). The van der Waals surface area contributed by atoms with Gasteiger partial charge in [-0.05, 0) is 62.1 Å². The molecule has 1 spiro atoms. The number of phenols is 2. The topological polar surface area (TPSA) is 162 Å². The number of hydrogen-bond acceptors (Lipinski definition) is 7. The van der Waals surface area contributed by atoms with Gasteiger partial charge in [-0.15, -0.1) is 0 Å². The van der Waals surface area contributed by atoms with E-state index in [1.807, 2.05) is 6.92 Å².